The van der Waals surface area contributed by atoms with Crippen LogP contribution in [0.4, 0.5) is 8.78 Å². The van der Waals surface area contributed by atoms with Crippen molar-refractivity contribution < 1.29 is 8.78 Å². The Labute approximate surface area is 122 Å². The van der Waals surface area contributed by atoms with Crippen molar-refractivity contribution in [1.29, 1.82) is 0 Å². The van der Waals surface area contributed by atoms with Crippen LogP contribution in [-0.2, 0) is 6.54 Å². The summed E-state index contributed by atoms with van der Waals surface area (Å²) in [6.07, 6.45) is 0.990. The maximum atomic E-state index is 13.9. The lowest BCUT2D eigenvalue weighted by atomic mass is 9.98. The molecule has 0 amide bonds. The highest BCUT2D eigenvalue weighted by atomic mass is 35.5. The molecule has 0 aromatic heterocycles. The molecule has 0 bridgehead atoms. The molecule has 0 aliphatic rings. The van der Waals surface area contributed by atoms with Crippen molar-refractivity contribution in [2.24, 2.45) is 0 Å². The first-order valence-electron chi connectivity index (χ1n) is 6.57. The van der Waals surface area contributed by atoms with Crippen LogP contribution in [0.3, 0.4) is 0 Å². The van der Waals surface area contributed by atoms with Crippen LogP contribution in [0.2, 0.25) is 5.02 Å². The molecule has 0 heterocycles. The van der Waals surface area contributed by atoms with Crippen LogP contribution in [0.15, 0.2) is 36.4 Å². The smallest absolute Gasteiger partial charge is 0.133 e. The zero-order valence-corrected chi connectivity index (χ0v) is 12.0. The van der Waals surface area contributed by atoms with Gasteiger partial charge in [0.1, 0.15) is 11.6 Å². The summed E-state index contributed by atoms with van der Waals surface area (Å²) in [7, 11) is 0. The van der Waals surface area contributed by atoms with E-state index in [0.717, 1.165) is 18.5 Å². The van der Waals surface area contributed by atoms with E-state index in [-0.39, 0.29) is 5.56 Å². The van der Waals surface area contributed by atoms with Crippen molar-refractivity contribution in [3.8, 4) is 11.1 Å². The third-order valence-corrected chi connectivity index (χ3v) is 3.28. The Morgan fingerprint density at radius 3 is 2.45 bits per heavy atom. The van der Waals surface area contributed by atoms with Crippen LogP contribution in [0.5, 0.6) is 0 Å². The molecule has 2 aromatic rings. The number of nitrogens with one attached hydrogen (secondary N) is 1. The van der Waals surface area contributed by atoms with E-state index >= 15 is 0 Å². The molecule has 1 nitrogen and oxygen atoms in total. The van der Waals surface area contributed by atoms with Gasteiger partial charge >= 0.3 is 0 Å². The lowest BCUT2D eigenvalue weighted by molar-refractivity contribution is 0.588. The zero-order valence-electron chi connectivity index (χ0n) is 11.2. The fraction of sp³-hybridized carbons (Fsp3) is 0.250. The summed E-state index contributed by atoms with van der Waals surface area (Å²) in [5.74, 6) is -1.13. The van der Waals surface area contributed by atoms with Gasteiger partial charge in [0.15, 0.2) is 0 Å². The molecule has 4 heteroatoms. The number of rotatable bonds is 5. The van der Waals surface area contributed by atoms with E-state index in [9.17, 15) is 8.78 Å². The summed E-state index contributed by atoms with van der Waals surface area (Å²) in [6, 6.07) is 8.93. The second-order valence-electron chi connectivity index (χ2n) is 4.57. The molecule has 0 aliphatic heterocycles. The van der Waals surface area contributed by atoms with Gasteiger partial charge in [-0.05, 0) is 48.4 Å². The number of benzene rings is 2. The summed E-state index contributed by atoms with van der Waals surface area (Å²) < 4.78 is 27.8. The Balaban J connectivity index is 2.45. The van der Waals surface area contributed by atoms with Crippen molar-refractivity contribution in [3.05, 3.63) is 58.6 Å². The van der Waals surface area contributed by atoms with Crippen molar-refractivity contribution in [1.82, 2.24) is 5.32 Å². The molecule has 0 radical (unpaired) electrons. The maximum absolute atomic E-state index is 13.9. The van der Waals surface area contributed by atoms with Gasteiger partial charge in [0.2, 0.25) is 0 Å². The molecule has 0 saturated carbocycles. The molecule has 0 aliphatic carbocycles. The molecule has 20 heavy (non-hydrogen) atoms. The minimum Gasteiger partial charge on any atom is -0.313 e. The van der Waals surface area contributed by atoms with Crippen LogP contribution in [-0.4, -0.2) is 6.54 Å². The van der Waals surface area contributed by atoms with Crippen molar-refractivity contribution in [2.75, 3.05) is 6.54 Å². The van der Waals surface area contributed by atoms with Crippen LogP contribution < -0.4 is 5.32 Å². The monoisotopic (exact) mass is 295 g/mol. The quantitative estimate of drug-likeness (QED) is 0.782. The predicted octanol–water partition coefficient (Wildman–Crippen LogP) is 4.78. The number of hydrogen-bond donors (Lipinski definition) is 1. The summed E-state index contributed by atoms with van der Waals surface area (Å²) in [4.78, 5) is 0. The minimum atomic E-state index is -0.566. The predicted molar refractivity (Wildman–Crippen MR) is 78.8 cm³/mol. The third kappa shape index (κ3) is 3.35. The summed E-state index contributed by atoms with van der Waals surface area (Å²) >= 11 is 5.98. The lowest BCUT2D eigenvalue weighted by Crippen LogP contribution is -2.14. The first-order valence-corrected chi connectivity index (χ1v) is 6.94. The van der Waals surface area contributed by atoms with E-state index in [1.165, 1.54) is 18.2 Å². The van der Waals surface area contributed by atoms with Gasteiger partial charge < -0.3 is 5.32 Å². The van der Waals surface area contributed by atoms with Gasteiger partial charge in [0.05, 0.1) is 5.56 Å². The molecule has 0 fully saturated rings. The highest BCUT2D eigenvalue weighted by Crippen LogP contribution is 2.30. The average molecular weight is 296 g/mol. The molecule has 0 saturated heterocycles. The average Bonchev–Trinajstić information content (AvgIpc) is 2.41. The Hall–Kier alpha value is -1.45. The van der Waals surface area contributed by atoms with E-state index in [1.807, 2.05) is 0 Å². The third-order valence-electron chi connectivity index (χ3n) is 3.04. The summed E-state index contributed by atoms with van der Waals surface area (Å²) in [6.45, 7) is 3.42. The molecular formula is C16H16ClF2N. The molecule has 106 valence electrons. The van der Waals surface area contributed by atoms with Crippen LogP contribution in [0, 0.1) is 11.6 Å². The molecule has 0 unspecified atom stereocenters. The first kappa shape index (κ1) is 14.9. The second-order valence-corrected chi connectivity index (χ2v) is 5.01. The van der Waals surface area contributed by atoms with Crippen LogP contribution >= 0.6 is 11.6 Å². The molecule has 2 aromatic carbocycles. The van der Waals surface area contributed by atoms with Crippen molar-refractivity contribution in [3.63, 3.8) is 0 Å². The topological polar surface area (TPSA) is 12.0 Å². The Morgan fingerprint density at radius 2 is 1.80 bits per heavy atom. The summed E-state index contributed by atoms with van der Waals surface area (Å²) in [5, 5.41) is 3.78. The zero-order chi connectivity index (χ0) is 14.5. The Morgan fingerprint density at radius 1 is 1.10 bits per heavy atom. The number of halogens is 3. The second kappa shape index (κ2) is 6.82. The molecule has 2 rings (SSSR count). The van der Waals surface area contributed by atoms with Crippen LogP contribution in [0.1, 0.15) is 18.9 Å². The van der Waals surface area contributed by atoms with Gasteiger partial charge in [-0.1, -0.05) is 30.7 Å². The SMILES string of the molecule is CCCNCc1cc(Cl)ccc1-c1c(F)cccc1F. The molecule has 0 spiro atoms. The highest BCUT2D eigenvalue weighted by molar-refractivity contribution is 6.30. The minimum absolute atomic E-state index is 0.00235. The first-order chi connectivity index (χ1) is 9.63. The fourth-order valence-corrected chi connectivity index (χ4v) is 2.30. The van der Waals surface area contributed by atoms with Gasteiger partial charge in [-0.3, -0.25) is 0 Å². The van der Waals surface area contributed by atoms with E-state index in [4.69, 9.17) is 11.6 Å². The normalized spacial score (nSPS) is 10.8. The molecule has 1 N–H and O–H groups in total. The standard InChI is InChI=1S/C16H16ClF2N/c1-2-8-20-10-11-9-12(17)6-7-13(11)16-14(18)4-3-5-15(16)19/h3-7,9,20H,2,8,10H2,1H3. The maximum Gasteiger partial charge on any atom is 0.133 e. The van der Waals surface area contributed by atoms with Gasteiger partial charge in [-0.25, -0.2) is 8.78 Å². The lowest BCUT2D eigenvalue weighted by Gasteiger charge is -2.12. The summed E-state index contributed by atoms with van der Waals surface area (Å²) in [5.41, 5.74) is 1.32. The van der Waals surface area contributed by atoms with Gasteiger partial charge in [0.25, 0.3) is 0 Å². The molecule has 0 atom stereocenters. The van der Waals surface area contributed by atoms with E-state index in [0.29, 0.717) is 17.1 Å². The van der Waals surface area contributed by atoms with E-state index in [2.05, 4.69) is 12.2 Å². The highest BCUT2D eigenvalue weighted by Gasteiger charge is 2.14. The van der Waals surface area contributed by atoms with E-state index in [1.54, 1.807) is 18.2 Å². The fourth-order valence-electron chi connectivity index (χ4n) is 2.11. The van der Waals surface area contributed by atoms with Crippen molar-refractivity contribution >= 4 is 11.6 Å². The number of hydrogen-bond acceptors (Lipinski definition) is 1. The Bertz CT molecular complexity index is 579. The largest absolute Gasteiger partial charge is 0.313 e. The Kier molecular flexibility index (Phi) is 5.10. The van der Waals surface area contributed by atoms with Gasteiger partial charge in [0, 0.05) is 11.6 Å². The molecular weight excluding hydrogens is 280 g/mol. The van der Waals surface area contributed by atoms with Crippen molar-refractivity contribution in [2.45, 2.75) is 19.9 Å². The van der Waals surface area contributed by atoms with Crippen LogP contribution in [0.25, 0.3) is 11.1 Å². The van der Waals surface area contributed by atoms with E-state index < -0.39 is 11.6 Å². The van der Waals surface area contributed by atoms with Gasteiger partial charge in [-0.2, -0.15) is 0 Å². The van der Waals surface area contributed by atoms with Gasteiger partial charge in [-0.15, -0.1) is 0 Å².